The highest BCUT2D eigenvalue weighted by Crippen LogP contribution is 2.28. The van der Waals surface area contributed by atoms with E-state index in [4.69, 9.17) is 0 Å². The number of fused-ring (bicyclic) bond motifs is 1. The third-order valence-electron chi connectivity index (χ3n) is 2.90. The van der Waals surface area contributed by atoms with E-state index in [2.05, 4.69) is 5.32 Å². The highest BCUT2D eigenvalue weighted by molar-refractivity contribution is 6.04. The Balaban J connectivity index is 2.23. The number of carbonyl (C=O) groups excluding carboxylic acids is 1. The van der Waals surface area contributed by atoms with Gasteiger partial charge in [-0.15, -0.1) is 0 Å². The molecule has 0 atom stereocenters. The molecule has 2 aromatic rings. The summed E-state index contributed by atoms with van der Waals surface area (Å²) in [4.78, 5) is 11.7. The highest BCUT2D eigenvalue weighted by Gasteiger charge is 2.22. The Morgan fingerprint density at radius 3 is 2.56 bits per heavy atom. The van der Waals surface area contributed by atoms with Crippen LogP contribution < -0.4 is 5.32 Å². The Bertz CT molecular complexity index is 546. The van der Waals surface area contributed by atoms with Crippen molar-refractivity contribution in [2.24, 2.45) is 0 Å². The fraction of sp³-hybridized carbons (Fsp3) is 0.0714. The number of carbonyl (C=O) groups is 1. The van der Waals surface area contributed by atoms with Crippen molar-refractivity contribution >= 4 is 5.91 Å². The van der Waals surface area contributed by atoms with Gasteiger partial charge in [0, 0.05) is 6.54 Å². The lowest BCUT2D eigenvalue weighted by atomic mass is 9.97. The average molecular weight is 209 g/mol. The van der Waals surface area contributed by atoms with Gasteiger partial charge < -0.3 is 5.32 Å². The molecule has 0 spiro atoms. The third kappa shape index (κ3) is 1.31. The van der Waals surface area contributed by atoms with Crippen molar-refractivity contribution in [1.29, 1.82) is 0 Å². The molecule has 3 rings (SSSR count). The molecule has 2 nitrogen and oxygen atoms in total. The van der Waals surface area contributed by atoms with Crippen LogP contribution in [0.15, 0.2) is 48.5 Å². The minimum absolute atomic E-state index is 0.0365. The lowest BCUT2D eigenvalue weighted by molar-refractivity contribution is 0.0966. The number of amides is 1. The zero-order valence-electron chi connectivity index (χ0n) is 8.73. The molecule has 2 aromatic carbocycles. The molecule has 1 amide bonds. The molecule has 1 heterocycles. The molecular weight excluding hydrogens is 198 g/mol. The zero-order chi connectivity index (χ0) is 11.0. The van der Waals surface area contributed by atoms with E-state index in [0.29, 0.717) is 6.54 Å². The monoisotopic (exact) mass is 209 g/mol. The van der Waals surface area contributed by atoms with Crippen molar-refractivity contribution in [2.45, 2.75) is 6.54 Å². The van der Waals surface area contributed by atoms with Gasteiger partial charge >= 0.3 is 0 Å². The molecule has 78 valence electrons. The van der Waals surface area contributed by atoms with Crippen molar-refractivity contribution in [3.8, 4) is 11.1 Å². The highest BCUT2D eigenvalue weighted by atomic mass is 16.1. The minimum Gasteiger partial charge on any atom is -0.348 e. The smallest absolute Gasteiger partial charge is 0.252 e. The molecule has 0 saturated heterocycles. The van der Waals surface area contributed by atoms with Crippen molar-refractivity contribution in [2.75, 3.05) is 0 Å². The van der Waals surface area contributed by atoms with E-state index in [9.17, 15) is 4.79 Å². The Labute approximate surface area is 93.9 Å². The van der Waals surface area contributed by atoms with Gasteiger partial charge in [0.2, 0.25) is 0 Å². The Kier molecular flexibility index (Phi) is 2.00. The molecule has 16 heavy (non-hydrogen) atoms. The van der Waals surface area contributed by atoms with Crippen LogP contribution in [0.5, 0.6) is 0 Å². The van der Waals surface area contributed by atoms with Gasteiger partial charge in [-0.2, -0.15) is 0 Å². The van der Waals surface area contributed by atoms with Crippen LogP contribution in [0.3, 0.4) is 0 Å². The van der Waals surface area contributed by atoms with Crippen LogP contribution in [0.1, 0.15) is 15.9 Å². The van der Waals surface area contributed by atoms with E-state index in [0.717, 1.165) is 22.3 Å². The summed E-state index contributed by atoms with van der Waals surface area (Å²) in [5.41, 5.74) is 4.03. The molecule has 1 aliphatic rings. The standard InChI is InChI=1S/C14H11NO/c16-14-13-11(9-15-14)7-4-8-12(13)10-5-2-1-3-6-10/h1-8H,9H2,(H,15,16). The van der Waals surface area contributed by atoms with Gasteiger partial charge in [-0.3, -0.25) is 4.79 Å². The fourth-order valence-corrected chi connectivity index (χ4v) is 2.14. The van der Waals surface area contributed by atoms with E-state index in [1.54, 1.807) is 0 Å². The first-order chi connectivity index (χ1) is 7.86. The lowest BCUT2D eigenvalue weighted by Gasteiger charge is -2.06. The maximum atomic E-state index is 11.7. The number of benzene rings is 2. The summed E-state index contributed by atoms with van der Waals surface area (Å²) in [6, 6.07) is 16.0. The van der Waals surface area contributed by atoms with Gasteiger partial charge in [0.1, 0.15) is 0 Å². The average Bonchev–Trinajstić information content (AvgIpc) is 2.73. The van der Waals surface area contributed by atoms with Crippen molar-refractivity contribution in [3.63, 3.8) is 0 Å². The molecule has 0 bridgehead atoms. The number of hydrogen-bond acceptors (Lipinski definition) is 1. The van der Waals surface area contributed by atoms with E-state index in [1.807, 2.05) is 48.5 Å². The van der Waals surface area contributed by atoms with Gasteiger partial charge in [-0.05, 0) is 16.7 Å². The summed E-state index contributed by atoms with van der Waals surface area (Å²) >= 11 is 0. The zero-order valence-corrected chi connectivity index (χ0v) is 8.73. The predicted octanol–water partition coefficient (Wildman–Crippen LogP) is 2.60. The normalized spacial score (nSPS) is 13.4. The van der Waals surface area contributed by atoms with Gasteiger partial charge in [0.15, 0.2) is 0 Å². The molecule has 0 saturated carbocycles. The Hall–Kier alpha value is -2.09. The van der Waals surface area contributed by atoms with Crippen LogP contribution in [0.2, 0.25) is 0 Å². The molecule has 0 fully saturated rings. The van der Waals surface area contributed by atoms with Gasteiger partial charge in [0.25, 0.3) is 5.91 Å². The van der Waals surface area contributed by atoms with Crippen LogP contribution in [0, 0.1) is 0 Å². The lowest BCUT2D eigenvalue weighted by Crippen LogP contribution is -2.13. The summed E-state index contributed by atoms with van der Waals surface area (Å²) in [6.07, 6.45) is 0. The third-order valence-corrected chi connectivity index (χ3v) is 2.90. The second-order valence-electron chi connectivity index (χ2n) is 3.89. The molecule has 0 radical (unpaired) electrons. The summed E-state index contributed by atoms with van der Waals surface area (Å²) in [7, 11) is 0. The van der Waals surface area contributed by atoms with E-state index < -0.39 is 0 Å². The largest absolute Gasteiger partial charge is 0.348 e. The maximum Gasteiger partial charge on any atom is 0.252 e. The number of rotatable bonds is 1. The van der Waals surface area contributed by atoms with Crippen molar-refractivity contribution in [1.82, 2.24) is 5.32 Å². The van der Waals surface area contributed by atoms with Crippen LogP contribution in [0.4, 0.5) is 0 Å². The van der Waals surface area contributed by atoms with Crippen LogP contribution in [-0.4, -0.2) is 5.91 Å². The molecule has 2 heteroatoms. The first-order valence-corrected chi connectivity index (χ1v) is 5.32. The van der Waals surface area contributed by atoms with E-state index in [1.165, 1.54) is 0 Å². The maximum absolute atomic E-state index is 11.7. The topological polar surface area (TPSA) is 29.1 Å². The quantitative estimate of drug-likeness (QED) is 0.768. The predicted molar refractivity (Wildman–Crippen MR) is 63.0 cm³/mol. The second-order valence-corrected chi connectivity index (χ2v) is 3.89. The molecular formula is C14H11NO. The fourth-order valence-electron chi connectivity index (χ4n) is 2.14. The molecule has 0 unspecified atom stereocenters. The van der Waals surface area contributed by atoms with Gasteiger partial charge in [-0.1, -0.05) is 48.5 Å². The van der Waals surface area contributed by atoms with Crippen LogP contribution in [-0.2, 0) is 6.54 Å². The SMILES string of the molecule is O=C1NCc2cccc(-c3ccccc3)c21. The summed E-state index contributed by atoms with van der Waals surface area (Å²) in [6.45, 7) is 0.648. The van der Waals surface area contributed by atoms with E-state index >= 15 is 0 Å². The van der Waals surface area contributed by atoms with Crippen LogP contribution >= 0.6 is 0 Å². The first kappa shape index (κ1) is 9.16. The minimum atomic E-state index is 0.0365. The Morgan fingerprint density at radius 1 is 0.938 bits per heavy atom. The first-order valence-electron chi connectivity index (χ1n) is 5.32. The molecule has 0 aromatic heterocycles. The second kappa shape index (κ2) is 3.49. The van der Waals surface area contributed by atoms with E-state index in [-0.39, 0.29) is 5.91 Å². The van der Waals surface area contributed by atoms with Crippen molar-refractivity contribution in [3.05, 3.63) is 59.7 Å². The molecule has 1 aliphatic heterocycles. The van der Waals surface area contributed by atoms with Crippen molar-refractivity contribution < 1.29 is 4.79 Å². The number of hydrogen-bond donors (Lipinski definition) is 1. The van der Waals surface area contributed by atoms with Crippen LogP contribution in [0.25, 0.3) is 11.1 Å². The Morgan fingerprint density at radius 2 is 1.75 bits per heavy atom. The summed E-state index contributed by atoms with van der Waals surface area (Å²) < 4.78 is 0. The molecule has 0 aliphatic carbocycles. The summed E-state index contributed by atoms with van der Waals surface area (Å²) in [5, 5.41) is 2.86. The van der Waals surface area contributed by atoms with Gasteiger partial charge in [-0.25, -0.2) is 0 Å². The van der Waals surface area contributed by atoms with Gasteiger partial charge in [0.05, 0.1) is 5.56 Å². The summed E-state index contributed by atoms with van der Waals surface area (Å²) in [5.74, 6) is 0.0365. The molecule has 1 N–H and O–H groups in total. The number of nitrogens with one attached hydrogen (secondary N) is 1.